The van der Waals surface area contributed by atoms with E-state index in [2.05, 4.69) is 22.9 Å². The number of hydrazine groups is 1. The Labute approximate surface area is 180 Å². The molecule has 0 fully saturated rings. The number of hydrogen-bond donors (Lipinski definition) is 2. The van der Waals surface area contributed by atoms with Gasteiger partial charge < -0.3 is 0 Å². The molecule has 2 amide bonds. The van der Waals surface area contributed by atoms with Crippen molar-refractivity contribution in [1.29, 1.82) is 0 Å². The third-order valence-electron chi connectivity index (χ3n) is 5.65. The molecule has 6 nitrogen and oxygen atoms in total. The highest BCUT2D eigenvalue weighted by Gasteiger charge is 2.21. The maximum Gasteiger partial charge on any atom is 0.279 e. The summed E-state index contributed by atoms with van der Waals surface area (Å²) in [5, 5.41) is 4.57. The molecule has 30 heavy (non-hydrogen) atoms. The van der Waals surface area contributed by atoms with Gasteiger partial charge in [0.05, 0.1) is 22.7 Å². The maximum absolute atomic E-state index is 12.5. The van der Waals surface area contributed by atoms with E-state index in [-0.39, 0.29) is 18.2 Å². The van der Waals surface area contributed by atoms with Crippen LogP contribution in [0.1, 0.15) is 50.4 Å². The molecule has 2 heterocycles. The Balaban J connectivity index is 1.39. The molecule has 0 radical (unpaired) electrons. The summed E-state index contributed by atoms with van der Waals surface area (Å²) >= 11 is 1.53. The molecule has 0 spiro atoms. The first-order valence-electron chi connectivity index (χ1n) is 10.2. The summed E-state index contributed by atoms with van der Waals surface area (Å²) in [4.78, 5) is 26.9. The fourth-order valence-corrected chi connectivity index (χ4v) is 5.07. The van der Waals surface area contributed by atoms with Crippen LogP contribution in [0, 0.1) is 19.8 Å². The van der Waals surface area contributed by atoms with E-state index in [1.165, 1.54) is 28.2 Å². The Morgan fingerprint density at radius 1 is 1.20 bits per heavy atom. The largest absolute Gasteiger partial charge is 0.279 e. The quantitative estimate of drug-likeness (QED) is 0.630. The van der Waals surface area contributed by atoms with Crippen molar-refractivity contribution in [3.63, 3.8) is 0 Å². The molecule has 1 atom stereocenters. The molecule has 156 valence electrons. The number of nitrogens with one attached hydrogen (secondary N) is 2. The summed E-state index contributed by atoms with van der Waals surface area (Å²) in [6.45, 7) is 6.08. The van der Waals surface area contributed by atoms with Crippen molar-refractivity contribution < 1.29 is 9.59 Å². The molecule has 2 N–H and O–H groups in total. The zero-order valence-corrected chi connectivity index (χ0v) is 18.3. The van der Waals surface area contributed by atoms with E-state index in [1.807, 2.05) is 54.9 Å². The normalized spacial score (nSPS) is 15.5. The van der Waals surface area contributed by atoms with Crippen LogP contribution in [-0.2, 0) is 24.1 Å². The first-order chi connectivity index (χ1) is 14.4. The average molecular weight is 423 g/mol. The van der Waals surface area contributed by atoms with E-state index in [1.54, 1.807) is 0 Å². The van der Waals surface area contributed by atoms with Crippen molar-refractivity contribution in [2.75, 3.05) is 0 Å². The topological polar surface area (TPSA) is 76.0 Å². The number of amides is 2. The van der Waals surface area contributed by atoms with Crippen molar-refractivity contribution in [3.8, 4) is 5.69 Å². The molecule has 4 rings (SSSR count). The maximum atomic E-state index is 12.5. The predicted molar refractivity (Wildman–Crippen MR) is 118 cm³/mol. The highest BCUT2D eigenvalue weighted by atomic mass is 32.1. The Kier molecular flexibility index (Phi) is 5.72. The smallest absolute Gasteiger partial charge is 0.273 e. The molecular weight excluding hydrogens is 396 g/mol. The Morgan fingerprint density at radius 3 is 2.73 bits per heavy atom. The number of thiophene rings is 1. The van der Waals surface area contributed by atoms with Gasteiger partial charge in [0.15, 0.2) is 0 Å². The van der Waals surface area contributed by atoms with Crippen molar-refractivity contribution in [3.05, 3.63) is 68.7 Å². The SMILES string of the molecule is Cc1nn(-c2ccccc2)c(C)c1CC(=O)NNC(=O)c1cc2c(s1)CC[C@H](C)C2. The van der Waals surface area contributed by atoms with E-state index in [0.29, 0.717) is 10.8 Å². The van der Waals surface area contributed by atoms with Crippen LogP contribution in [0.25, 0.3) is 5.69 Å². The van der Waals surface area contributed by atoms with Crippen molar-refractivity contribution in [2.24, 2.45) is 5.92 Å². The minimum atomic E-state index is -0.267. The molecule has 1 aromatic carbocycles. The van der Waals surface area contributed by atoms with Gasteiger partial charge in [-0.3, -0.25) is 20.4 Å². The van der Waals surface area contributed by atoms with Crippen LogP contribution < -0.4 is 10.9 Å². The van der Waals surface area contributed by atoms with Crippen molar-refractivity contribution >= 4 is 23.2 Å². The summed E-state index contributed by atoms with van der Waals surface area (Å²) in [5.74, 6) is 0.131. The summed E-state index contributed by atoms with van der Waals surface area (Å²) in [6, 6.07) is 11.8. The lowest BCUT2D eigenvalue weighted by Crippen LogP contribution is -2.42. The second-order valence-electron chi connectivity index (χ2n) is 7.98. The van der Waals surface area contributed by atoms with E-state index >= 15 is 0 Å². The summed E-state index contributed by atoms with van der Waals surface area (Å²) in [5.41, 5.74) is 9.93. The lowest BCUT2D eigenvalue weighted by atomic mass is 9.90. The fraction of sp³-hybridized carbons (Fsp3) is 0.348. The molecule has 0 bridgehead atoms. The number of aryl methyl sites for hydroxylation is 2. The molecule has 2 aromatic heterocycles. The third-order valence-corrected chi connectivity index (χ3v) is 6.88. The monoisotopic (exact) mass is 422 g/mol. The van der Waals surface area contributed by atoms with Gasteiger partial charge in [0.2, 0.25) is 5.91 Å². The van der Waals surface area contributed by atoms with Gasteiger partial charge in [-0.1, -0.05) is 25.1 Å². The molecule has 0 aliphatic heterocycles. The van der Waals surface area contributed by atoms with Gasteiger partial charge in [-0.15, -0.1) is 11.3 Å². The Bertz CT molecular complexity index is 1080. The number of para-hydroxylation sites is 1. The molecule has 0 saturated carbocycles. The van der Waals surface area contributed by atoms with E-state index in [4.69, 9.17) is 0 Å². The van der Waals surface area contributed by atoms with Crippen molar-refractivity contribution in [1.82, 2.24) is 20.6 Å². The molecule has 1 aliphatic carbocycles. The number of nitrogens with zero attached hydrogens (tertiary/aromatic N) is 2. The first kappa shape index (κ1) is 20.3. The number of fused-ring (bicyclic) bond motifs is 1. The van der Waals surface area contributed by atoms with E-state index in [9.17, 15) is 9.59 Å². The van der Waals surface area contributed by atoms with Gasteiger partial charge in [0.25, 0.3) is 5.91 Å². The molecular formula is C23H26N4O2S. The van der Waals surface area contributed by atoms with Crippen LogP contribution in [0.2, 0.25) is 0 Å². The van der Waals surface area contributed by atoms with Crippen LogP contribution in [0.3, 0.4) is 0 Å². The predicted octanol–water partition coefficient (Wildman–Crippen LogP) is 3.68. The lowest BCUT2D eigenvalue weighted by molar-refractivity contribution is -0.121. The Hall–Kier alpha value is -2.93. The fourth-order valence-electron chi connectivity index (χ4n) is 3.96. The van der Waals surface area contributed by atoms with Crippen molar-refractivity contribution in [2.45, 2.75) is 46.5 Å². The molecule has 1 aliphatic rings. The summed E-state index contributed by atoms with van der Waals surface area (Å²) in [7, 11) is 0. The molecule has 3 aromatic rings. The van der Waals surface area contributed by atoms with Gasteiger partial charge in [-0.25, -0.2) is 4.68 Å². The van der Waals surface area contributed by atoms with Gasteiger partial charge in [0, 0.05) is 16.1 Å². The summed E-state index contributed by atoms with van der Waals surface area (Å²) < 4.78 is 1.84. The van der Waals surface area contributed by atoms with Crippen LogP contribution in [-0.4, -0.2) is 21.6 Å². The van der Waals surface area contributed by atoms with Crippen LogP contribution in [0.4, 0.5) is 0 Å². The van der Waals surface area contributed by atoms with E-state index in [0.717, 1.165) is 35.5 Å². The number of hydrogen-bond acceptors (Lipinski definition) is 4. The Morgan fingerprint density at radius 2 is 1.97 bits per heavy atom. The van der Waals surface area contributed by atoms with Gasteiger partial charge >= 0.3 is 0 Å². The number of aromatic nitrogens is 2. The second-order valence-corrected chi connectivity index (χ2v) is 9.12. The average Bonchev–Trinajstić information content (AvgIpc) is 3.28. The van der Waals surface area contributed by atoms with Gasteiger partial charge in [-0.2, -0.15) is 5.10 Å². The number of rotatable bonds is 4. The minimum absolute atomic E-state index is 0.156. The van der Waals surface area contributed by atoms with Crippen LogP contribution >= 0.6 is 11.3 Å². The standard InChI is InChI=1S/C23H26N4O2S/c1-14-9-10-20-17(11-14)12-21(30-20)23(29)25-24-22(28)13-19-15(2)26-27(16(19)3)18-7-5-4-6-8-18/h4-8,12,14H,9-11,13H2,1-3H3,(H,24,28)(H,25,29)/t14-/m0/s1. The van der Waals surface area contributed by atoms with Crippen LogP contribution in [0.5, 0.6) is 0 Å². The van der Waals surface area contributed by atoms with Gasteiger partial charge in [-0.05, 0) is 62.8 Å². The zero-order valence-electron chi connectivity index (χ0n) is 17.5. The number of carbonyl (C=O) groups excluding carboxylic acids is 2. The van der Waals surface area contributed by atoms with E-state index < -0.39 is 0 Å². The first-order valence-corrected chi connectivity index (χ1v) is 11.0. The zero-order chi connectivity index (χ0) is 21.3. The molecule has 0 unspecified atom stereocenters. The second kappa shape index (κ2) is 8.44. The van der Waals surface area contributed by atoms with Crippen LogP contribution in [0.15, 0.2) is 36.4 Å². The number of benzene rings is 1. The third kappa shape index (κ3) is 4.16. The molecule has 0 saturated heterocycles. The highest BCUT2D eigenvalue weighted by Crippen LogP contribution is 2.32. The summed E-state index contributed by atoms with van der Waals surface area (Å²) in [6.07, 6.45) is 3.38. The number of carbonyl (C=O) groups is 2. The van der Waals surface area contributed by atoms with Gasteiger partial charge in [0.1, 0.15) is 0 Å². The highest BCUT2D eigenvalue weighted by molar-refractivity contribution is 7.14. The lowest BCUT2D eigenvalue weighted by Gasteiger charge is -2.16. The molecule has 7 heteroatoms. The minimum Gasteiger partial charge on any atom is -0.273 e.